The number of benzene rings is 3. The van der Waals surface area contributed by atoms with E-state index in [1.165, 1.54) is 22.9 Å². The third-order valence-electron chi connectivity index (χ3n) is 7.05. The predicted octanol–water partition coefficient (Wildman–Crippen LogP) is 4.45. The Morgan fingerprint density at radius 3 is 2.33 bits per heavy atom. The van der Waals surface area contributed by atoms with Gasteiger partial charge in [0, 0.05) is 11.8 Å². The van der Waals surface area contributed by atoms with Crippen molar-refractivity contribution < 1.29 is 27.9 Å². The van der Waals surface area contributed by atoms with E-state index in [9.17, 15) is 18.9 Å². The van der Waals surface area contributed by atoms with Gasteiger partial charge in [0.15, 0.2) is 11.8 Å². The molecule has 0 fully saturated rings. The number of carbonyl (C=O) groups excluding carboxylic acids is 1. The number of carbonyl (C=O) groups is 1. The molecule has 11 nitrogen and oxygen atoms in total. The molecule has 4 aromatic rings. The van der Waals surface area contributed by atoms with Crippen molar-refractivity contribution in [2.75, 3.05) is 6.61 Å². The average molecular weight is 642 g/mol. The average Bonchev–Trinajstić information content (AvgIpc) is 3.50. The first kappa shape index (κ1) is 32.4. The van der Waals surface area contributed by atoms with Crippen LogP contribution in [0.4, 0.5) is 0 Å². The zero-order chi connectivity index (χ0) is 32.6. The van der Waals surface area contributed by atoms with E-state index in [2.05, 4.69) is 16.0 Å². The fraction of sp³-hybridized carbons (Fsp3) is 0.206. The molecule has 12 heteroatoms. The normalized spacial score (nSPS) is 19.1. The summed E-state index contributed by atoms with van der Waals surface area (Å²) >= 11 is 0. The van der Waals surface area contributed by atoms with Crippen molar-refractivity contribution in [1.29, 1.82) is 0 Å². The molecule has 4 atom stereocenters. The number of nitrogens with one attached hydrogen (secondary N) is 2. The SMILES string of the molecule is C#C[C@@]1(CO[P@](=O)(N[C@@H](Cc2ccccc2)C(=O)OCc2ccccc2)Oc2ccccc2)C=C[C@H](n2cc(C)c(=O)[nH]c2=O)O1. The van der Waals surface area contributed by atoms with Crippen molar-refractivity contribution in [2.24, 2.45) is 0 Å². The second-order valence-corrected chi connectivity index (χ2v) is 12.2. The molecule has 0 amide bonds. The molecule has 0 aliphatic carbocycles. The van der Waals surface area contributed by atoms with Gasteiger partial charge in [-0.15, -0.1) is 6.42 Å². The fourth-order valence-electron chi connectivity index (χ4n) is 4.60. The van der Waals surface area contributed by atoms with Crippen molar-refractivity contribution in [3.8, 4) is 18.1 Å². The van der Waals surface area contributed by atoms with Crippen LogP contribution in [0.1, 0.15) is 22.9 Å². The van der Waals surface area contributed by atoms with Crippen molar-refractivity contribution in [3.05, 3.63) is 147 Å². The van der Waals surface area contributed by atoms with Gasteiger partial charge in [-0.05, 0) is 48.8 Å². The summed E-state index contributed by atoms with van der Waals surface area (Å²) in [6.45, 7) is 1.06. The second-order valence-electron chi connectivity index (χ2n) is 10.5. The van der Waals surface area contributed by atoms with Gasteiger partial charge in [0.1, 0.15) is 25.0 Å². The molecule has 5 rings (SSSR count). The predicted molar refractivity (Wildman–Crippen MR) is 171 cm³/mol. The van der Waals surface area contributed by atoms with Gasteiger partial charge in [-0.25, -0.2) is 9.36 Å². The van der Waals surface area contributed by atoms with Crippen molar-refractivity contribution in [2.45, 2.75) is 37.8 Å². The van der Waals surface area contributed by atoms with Crippen molar-refractivity contribution in [1.82, 2.24) is 14.6 Å². The molecule has 0 bridgehead atoms. The maximum atomic E-state index is 14.5. The monoisotopic (exact) mass is 641 g/mol. The lowest BCUT2D eigenvalue weighted by molar-refractivity contribution is -0.147. The van der Waals surface area contributed by atoms with E-state index in [0.29, 0.717) is 5.56 Å². The summed E-state index contributed by atoms with van der Waals surface area (Å²) in [4.78, 5) is 40.0. The lowest BCUT2D eigenvalue weighted by Crippen LogP contribution is -2.41. The van der Waals surface area contributed by atoms with Gasteiger partial charge in [-0.2, -0.15) is 5.09 Å². The number of nitrogens with zero attached hydrogens (tertiary/aromatic N) is 1. The third kappa shape index (κ3) is 8.18. The number of aromatic amines is 1. The van der Waals surface area contributed by atoms with Gasteiger partial charge in [0.25, 0.3) is 5.56 Å². The van der Waals surface area contributed by atoms with Crippen molar-refractivity contribution in [3.63, 3.8) is 0 Å². The van der Waals surface area contributed by atoms with Crippen LogP contribution in [-0.2, 0) is 36.4 Å². The van der Waals surface area contributed by atoms with E-state index in [4.69, 9.17) is 24.9 Å². The summed E-state index contributed by atoms with van der Waals surface area (Å²) in [5.74, 6) is 2.03. The highest BCUT2D eigenvalue weighted by Crippen LogP contribution is 2.47. The first-order valence-corrected chi connectivity index (χ1v) is 15.9. The number of para-hydroxylation sites is 1. The number of aromatic nitrogens is 2. The number of rotatable bonds is 13. The van der Waals surface area contributed by atoms with Crippen LogP contribution >= 0.6 is 7.75 Å². The summed E-state index contributed by atoms with van der Waals surface area (Å²) in [7, 11) is -4.38. The topological polar surface area (TPSA) is 138 Å². The maximum Gasteiger partial charge on any atom is 0.459 e. The van der Waals surface area contributed by atoms with Gasteiger partial charge in [0.2, 0.25) is 0 Å². The number of esters is 1. The first-order chi connectivity index (χ1) is 22.2. The Hall–Kier alpha value is -4.98. The molecule has 1 aliphatic rings. The molecule has 2 heterocycles. The van der Waals surface area contributed by atoms with Crippen LogP contribution in [0.15, 0.2) is 119 Å². The summed E-state index contributed by atoms with van der Waals surface area (Å²) in [6, 6.07) is 25.5. The summed E-state index contributed by atoms with van der Waals surface area (Å²) in [5.41, 5.74) is -0.950. The Morgan fingerprint density at radius 2 is 1.67 bits per heavy atom. The molecular weight excluding hydrogens is 609 g/mol. The molecular formula is C34H32N3O8P. The van der Waals surface area contributed by atoms with Crippen LogP contribution in [0.3, 0.4) is 0 Å². The van der Waals surface area contributed by atoms with Gasteiger partial charge >= 0.3 is 19.4 Å². The third-order valence-corrected chi connectivity index (χ3v) is 8.60. The zero-order valence-electron chi connectivity index (χ0n) is 24.9. The number of hydrogen-bond donors (Lipinski definition) is 2. The van der Waals surface area contributed by atoms with Crippen molar-refractivity contribution >= 4 is 13.7 Å². The van der Waals surface area contributed by atoms with Gasteiger partial charge in [-0.1, -0.05) is 84.8 Å². The second kappa shape index (κ2) is 14.4. The minimum Gasteiger partial charge on any atom is -0.460 e. The van der Waals surface area contributed by atoms with E-state index in [1.54, 1.807) is 37.3 Å². The highest BCUT2D eigenvalue weighted by atomic mass is 31.2. The largest absolute Gasteiger partial charge is 0.460 e. The molecule has 1 aliphatic heterocycles. The lowest BCUT2D eigenvalue weighted by Gasteiger charge is -2.29. The van der Waals surface area contributed by atoms with Crippen LogP contribution < -0.4 is 20.9 Å². The standard InChI is InChI=1S/C34H32N3O8P/c1-3-34(20-19-30(44-34)37-22-25(2)31(38)35-33(37)40)24-43-46(41,45-28-17-11-6-12-18-28)36-29(21-26-13-7-4-8-14-26)32(39)42-23-27-15-9-5-10-16-27/h1,4-20,22,29-30H,21,23-24H2,2H3,(H,36,41)(H,35,38,40)/t29-,30+,34-,46+/m0/s1. The fourth-order valence-corrected chi connectivity index (χ4v) is 6.12. The Kier molecular flexibility index (Phi) is 10.2. The number of hydrogen-bond acceptors (Lipinski definition) is 8. The van der Waals surface area contributed by atoms with Gasteiger partial charge in [0.05, 0.1) is 0 Å². The Labute approximate surface area is 265 Å². The number of ether oxygens (including phenoxy) is 2. The lowest BCUT2D eigenvalue weighted by atomic mass is 10.1. The summed E-state index contributed by atoms with van der Waals surface area (Å²) < 4.78 is 39.0. The maximum absolute atomic E-state index is 14.5. The van der Waals surface area contributed by atoms with E-state index in [0.717, 1.165) is 11.1 Å². The molecule has 0 saturated heterocycles. The van der Waals surface area contributed by atoms with Crippen LogP contribution in [0, 0.1) is 19.3 Å². The van der Waals surface area contributed by atoms with Crippen LogP contribution in [-0.4, -0.2) is 33.8 Å². The molecule has 236 valence electrons. The minimum atomic E-state index is -4.38. The van der Waals surface area contributed by atoms with E-state index >= 15 is 0 Å². The van der Waals surface area contributed by atoms with Crippen LogP contribution in [0.2, 0.25) is 0 Å². The van der Waals surface area contributed by atoms with E-state index in [-0.39, 0.29) is 18.8 Å². The molecule has 0 saturated carbocycles. The zero-order valence-corrected chi connectivity index (χ0v) is 25.8. The highest BCUT2D eigenvalue weighted by Gasteiger charge is 2.41. The number of terminal acetylenes is 1. The van der Waals surface area contributed by atoms with Gasteiger partial charge in [-0.3, -0.25) is 23.7 Å². The Morgan fingerprint density at radius 1 is 1.04 bits per heavy atom. The Balaban J connectivity index is 1.39. The van der Waals surface area contributed by atoms with E-state index in [1.807, 2.05) is 60.7 Å². The van der Waals surface area contributed by atoms with Gasteiger partial charge < -0.3 is 14.0 Å². The smallest absolute Gasteiger partial charge is 0.459 e. The summed E-state index contributed by atoms with van der Waals surface area (Å²) in [6.07, 6.45) is 9.34. The molecule has 46 heavy (non-hydrogen) atoms. The molecule has 0 spiro atoms. The quantitative estimate of drug-likeness (QED) is 0.0939. The van der Waals surface area contributed by atoms with E-state index < -0.39 is 49.4 Å². The molecule has 0 unspecified atom stereocenters. The van der Waals surface area contributed by atoms with Crippen LogP contribution in [0.5, 0.6) is 5.75 Å². The Bertz CT molecular complexity index is 1890. The number of aryl methyl sites for hydroxylation is 1. The first-order valence-electron chi connectivity index (χ1n) is 14.4. The molecule has 0 radical (unpaired) electrons. The summed E-state index contributed by atoms with van der Waals surface area (Å²) in [5, 5.41) is 2.79. The molecule has 3 aromatic carbocycles. The molecule has 1 aromatic heterocycles. The van der Waals surface area contributed by atoms with Crippen LogP contribution in [0.25, 0.3) is 0 Å². The molecule has 2 N–H and O–H groups in total. The number of H-pyrrole nitrogens is 1. The highest BCUT2D eigenvalue weighted by molar-refractivity contribution is 7.52. The minimum absolute atomic E-state index is 0.00116.